The Bertz CT molecular complexity index is 350. The van der Waals surface area contributed by atoms with E-state index in [4.69, 9.17) is 9.84 Å². The molecule has 116 valence electrons. The number of hydrogen-bond acceptors (Lipinski definition) is 5. The van der Waals surface area contributed by atoms with E-state index in [9.17, 15) is 14.7 Å². The van der Waals surface area contributed by atoms with Crippen molar-refractivity contribution in [2.24, 2.45) is 0 Å². The maximum atomic E-state index is 12.1. The summed E-state index contributed by atoms with van der Waals surface area (Å²) >= 11 is 0. The van der Waals surface area contributed by atoms with Crippen LogP contribution in [-0.2, 0) is 9.53 Å². The van der Waals surface area contributed by atoms with Crippen LogP contribution < -0.4 is 5.32 Å². The fraction of sp³-hybridized carbons (Fsp3) is 0.833. The number of amides is 2. The van der Waals surface area contributed by atoms with E-state index >= 15 is 0 Å². The average molecular weight is 289 g/mol. The Morgan fingerprint density at radius 3 is 2.65 bits per heavy atom. The van der Waals surface area contributed by atoms with Crippen molar-refractivity contribution in [1.29, 1.82) is 0 Å². The lowest BCUT2D eigenvalue weighted by atomic mass is 10.2. The van der Waals surface area contributed by atoms with Crippen molar-refractivity contribution in [3.63, 3.8) is 0 Å². The summed E-state index contributed by atoms with van der Waals surface area (Å²) in [5, 5.41) is 21.0. The molecule has 0 radical (unpaired) electrons. The number of nitrogens with one attached hydrogen (secondary N) is 1. The van der Waals surface area contributed by atoms with Crippen molar-refractivity contribution in [3.8, 4) is 0 Å². The molecule has 0 aliphatic carbocycles. The summed E-state index contributed by atoms with van der Waals surface area (Å²) in [5.41, 5.74) is 0. The monoisotopic (exact) mass is 289 g/mol. The zero-order valence-electron chi connectivity index (χ0n) is 12.1. The minimum Gasteiger partial charge on any atom is -0.479 e. The molecule has 2 amide bonds. The summed E-state index contributed by atoms with van der Waals surface area (Å²) in [6, 6.07) is -0.456. The third kappa shape index (κ3) is 4.62. The first-order valence-corrected chi connectivity index (χ1v) is 6.48. The lowest BCUT2D eigenvalue weighted by molar-refractivity contribution is -0.148. The van der Waals surface area contributed by atoms with E-state index in [2.05, 4.69) is 5.32 Å². The Morgan fingerprint density at radius 2 is 2.15 bits per heavy atom. The Hall–Kier alpha value is -1.38. The Kier molecular flexibility index (Phi) is 6.18. The smallest absolute Gasteiger partial charge is 0.334 e. The summed E-state index contributed by atoms with van der Waals surface area (Å²) in [7, 11) is 5.07. The predicted octanol–water partition coefficient (Wildman–Crippen LogP) is -1.21. The zero-order valence-corrected chi connectivity index (χ0v) is 12.1. The second-order valence-electron chi connectivity index (χ2n) is 5.21. The molecule has 1 heterocycles. The highest BCUT2D eigenvalue weighted by Crippen LogP contribution is 2.18. The molecule has 1 rings (SSSR count). The Morgan fingerprint density at radius 1 is 1.50 bits per heavy atom. The number of aliphatic hydroxyl groups is 1. The van der Waals surface area contributed by atoms with Crippen LogP contribution >= 0.6 is 0 Å². The number of rotatable bonds is 6. The van der Waals surface area contributed by atoms with E-state index in [0.29, 0.717) is 13.0 Å². The molecule has 0 bridgehead atoms. The van der Waals surface area contributed by atoms with Gasteiger partial charge in [-0.2, -0.15) is 0 Å². The number of carboxylic acids is 1. The van der Waals surface area contributed by atoms with Gasteiger partial charge in [0.2, 0.25) is 0 Å². The first kappa shape index (κ1) is 16.7. The maximum Gasteiger partial charge on any atom is 0.334 e. The van der Waals surface area contributed by atoms with Crippen molar-refractivity contribution in [2.45, 2.75) is 24.7 Å². The molecule has 0 aromatic heterocycles. The Balaban J connectivity index is 2.54. The largest absolute Gasteiger partial charge is 0.479 e. The molecule has 8 heteroatoms. The van der Waals surface area contributed by atoms with Crippen molar-refractivity contribution in [3.05, 3.63) is 0 Å². The van der Waals surface area contributed by atoms with Crippen LogP contribution in [0.4, 0.5) is 4.79 Å². The van der Waals surface area contributed by atoms with Gasteiger partial charge < -0.3 is 30.1 Å². The minimum atomic E-state index is -1.13. The minimum absolute atomic E-state index is 0.0779. The van der Waals surface area contributed by atoms with Crippen LogP contribution in [0, 0.1) is 0 Å². The third-order valence-corrected chi connectivity index (χ3v) is 3.23. The number of carbonyl (C=O) groups excluding carboxylic acids is 1. The highest BCUT2D eigenvalue weighted by molar-refractivity contribution is 5.77. The van der Waals surface area contributed by atoms with Crippen molar-refractivity contribution < 1.29 is 24.5 Å². The van der Waals surface area contributed by atoms with Crippen LogP contribution in [0.5, 0.6) is 0 Å². The van der Waals surface area contributed by atoms with E-state index in [1.807, 2.05) is 19.0 Å². The van der Waals surface area contributed by atoms with Gasteiger partial charge >= 0.3 is 12.0 Å². The summed E-state index contributed by atoms with van der Waals surface area (Å²) in [6.07, 6.45) is -1.08. The molecule has 1 fully saturated rings. The van der Waals surface area contributed by atoms with Gasteiger partial charge in [0.15, 0.2) is 6.10 Å². The molecule has 0 aromatic rings. The van der Waals surface area contributed by atoms with Crippen molar-refractivity contribution in [1.82, 2.24) is 15.1 Å². The lowest BCUT2D eigenvalue weighted by Gasteiger charge is -2.27. The maximum absolute atomic E-state index is 12.1. The fourth-order valence-corrected chi connectivity index (χ4v) is 2.29. The molecule has 1 saturated heterocycles. The number of β-amino-alcohol motifs (C(OH)–C–C–N with tert-alkyl or cyclic N) is 1. The molecule has 0 spiro atoms. The highest BCUT2D eigenvalue weighted by Gasteiger charge is 2.34. The van der Waals surface area contributed by atoms with E-state index < -0.39 is 18.2 Å². The molecule has 3 N–H and O–H groups in total. The number of likely N-dealkylation sites (N-methyl/N-ethyl adjacent to an activating group) is 1. The topological polar surface area (TPSA) is 102 Å². The number of carboxylic acid groups (broad SMARTS) is 1. The normalized spacial score (nSPS) is 23.9. The van der Waals surface area contributed by atoms with Gasteiger partial charge in [-0.25, -0.2) is 9.59 Å². The second kappa shape index (κ2) is 7.41. The number of urea groups is 1. The SMILES string of the molecule is COC(CNC(=O)N1CC(O)CC1CN(C)C)C(=O)O. The number of aliphatic hydroxyl groups excluding tert-OH is 1. The first-order chi connectivity index (χ1) is 9.35. The second-order valence-corrected chi connectivity index (χ2v) is 5.21. The molecule has 20 heavy (non-hydrogen) atoms. The highest BCUT2D eigenvalue weighted by atomic mass is 16.5. The van der Waals surface area contributed by atoms with Crippen LogP contribution in [0.1, 0.15) is 6.42 Å². The number of nitrogens with zero attached hydrogens (tertiary/aromatic N) is 2. The van der Waals surface area contributed by atoms with E-state index in [0.717, 1.165) is 0 Å². The molecule has 1 aliphatic rings. The van der Waals surface area contributed by atoms with Crippen LogP contribution in [0.15, 0.2) is 0 Å². The summed E-state index contributed by atoms with van der Waals surface area (Å²) in [6.45, 7) is 0.804. The quantitative estimate of drug-likeness (QED) is 0.567. The standard InChI is InChI=1S/C12H23N3O5/c1-14(2)6-8-4-9(16)7-15(8)12(19)13-5-10(20-3)11(17)18/h8-10,16H,4-7H2,1-3H3,(H,13,19)(H,17,18). The van der Waals surface area contributed by atoms with Gasteiger partial charge in [-0.15, -0.1) is 0 Å². The van der Waals surface area contributed by atoms with Crippen LogP contribution in [0.2, 0.25) is 0 Å². The van der Waals surface area contributed by atoms with E-state index in [1.165, 1.54) is 7.11 Å². The van der Waals surface area contributed by atoms with Gasteiger partial charge in [0.1, 0.15) is 0 Å². The van der Waals surface area contributed by atoms with E-state index in [1.54, 1.807) is 4.90 Å². The number of aliphatic carboxylic acids is 1. The molecular weight excluding hydrogens is 266 g/mol. The molecule has 0 aromatic carbocycles. The van der Waals surface area contributed by atoms with Gasteiger partial charge in [-0.1, -0.05) is 0 Å². The van der Waals surface area contributed by atoms with Crippen molar-refractivity contribution >= 4 is 12.0 Å². The molecule has 0 saturated carbocycles. The van der Waals surface area contributed by atoms with E-state index in [-0.39, 0.29) is 25.2 Å². The average Bonchev–Trinajstić information content (AvgIpc) is 2.69. The number of carbonyl (C=O) groups is 2. The van der Waals surface area contributed by atoms with Crippen LogP contribution in [0.3, 0.4) is 0 Å². The van der Waals surface area contributed by atoms with Crippen LogP contribution in [0.25, 0.3) is 0 Å². The zero-order chi connectivity index (χ0) is 15.3. The van der Waals surface area contributed by atoms with Gasteiger partial charge in [0.05, 0.1) is 12.6 Å². The molecule has 3 unspecified atom stereocenters. The number of hydrogen-bond donors (Lipinski definition) is 3. The molecule has 8 nitrogen and oxygen atoms in total. The summed E-state index contributed by atoms with van der Waals surface area (Å²) < 4.78 is 4.75. The number of ether oxygens (including phenoxy) is 1. The van der Waals surface area contributed by atoms with Gasteiger partial charge in [-0.3, -0.25) is 0 Å². The lowest BCUT2D eigenvalue weighted by Crippen LogP contribution is -2.49. The number of methoxy groups -OCH3 is 1. The fourth-order valence-electron chi connectivity index (χ4n) is 2.29. The van der Waals surface area contributed by atoms with Gasteiger partial charge in [0, 0.05) is 26.2 Å². The predicted molar refractivity (Wildman–Crippen MR) is 71.5 cm³/mol. The van der Waals surface area contributed by atoms with Crippen LogP contribution in [-0.4, -0.2) is 91.1 Å². The van der Waals surface area contributed by atoms with Gasteiger partial charge in [-0.05, 0) is 20.5 Å². The Labute approximate surface area is 118 Å². The van der Waals surface area contributed by atoms with Gasteiger partial charge in [0.25, 0.3) is 0 Å². The molecular formula is C12H23N3O5. The summed E-state index contributed by atoms with van der Waals surface area (Å²) in [5.74, 6) is -1.13. The molecule has 3 atom stereocenters. The van der Waals surface area contributed by atoms with Crippen molar-refractivity contribution in [2.75, 3.05) is 40.8 Å². The number of likely N-dealkylation sites (tertiary alicyclic amines) is 1. The molecule has 1 aliphatic heterocycles. The summed E-state index contributed by atoms with van der Waals surface area (Å²) in [4.78, 5) is 26.3. The first-order valence-electron chi connectivity index (χ1n) is 6.48. The third-order valence-electron chi connectivity index (χ3n) is 3.23.